The van der Waals surface area contributed by atoms with Crippen LogP contribution in [0.1, 0.15) is 24.2 Å². The fourth-order valence-corrected chi connectivity index (χ4v) is 3.11. The molecule has 0 aliphatic heterocycles. The van der Waals surface area contributed by atoms with Crippen LogP contribution in [0.4, 0.5) is 5.69 Å². The Morgan fingerprint density at radius 3 is 2.60 bits per heavy atom. The lowest BCUT2D eigenvalue weighted by Crippen LogP contribution is -2.41. The molecule has 1 aromatic heterocycles. The molecule has 0 saturated carbocycles. The minimum Gasteiger partial charge on any atom is -0.339 e. The van der Waals surface area contributed by atoms with Gasteiger partial charge < -0.3 is 15.1 Å². The Hall–Kier alpha value is -1.69. The second-order valence-corrected chi connectivity index (χ2v) is 7.13. The molecule has 0 bridgehead atoms. The van der Waals surface area contributed by atoms with E-state index in [0.717, 1.165) is 30.0 Å². The monoisotopic (exact) mass is 376 g/mol. The fourth-order valence-electron chi connectivity index (χ4n) is 2.47. The summed E-state index contributed by atoms with van der Waals surface area (Å²) in [4.78, 5) is 8.76. The maximum atomic E-state index is 6.34. The molecular weight excluding hydrogens is 352 g/mol. The molecule has 0 aliphatic rings. The average Bonchev–Trinajstić information content (AvgIpc) is 2.58. The van der Waals surface area contributed by atoms with Gasteiger partial charge in [0.2, 0.25) is 0 Å². The summed E-state index contributed by atoms with van der Waals surface area (Å²) in [6, 6.07) is 11.9. The van der Waals surface area contributed by atoms with E-state index in [1.54, 1.807) is 0 Å². The van der Waals surface area contributed by atoms with E-state index in [2.05, 4.69) is 41.1 Å². The molecule has 1 N–H and O–H groups in total. The van der Waals surface area contributed by atoms with E-state index in [4.69, 9.17) is 23.8 Å². The van der Waals surface area contributed by atoms with Crippen LogP contribution in [0.5, 0.6) is 0 Å². The minimum absolute atomic E-state index is 0.0605. The van der Waals surface area contributed by atoms with Crippen LogP contribution >= 0.6 is 23.8 Å². The Labute approximate surface area is 160 Å². The number of halogens is 1. The molecule has 25 heavy (non-hydrogen) atoms. The standard InChI is InChI=1S/C19H25ClN4S/c1-14-8-9-18(16(20)13-14)22-19(25)24(12-11-23(3)4)15(2)17-7-5-6-10-21-17/h5-10,13,15H,11-12H2,1-4H3,(H,22,25). The van der Waals surface area contributed by atoms with Gasteiger partial charge in [-0.05, 0) is 70.0 Å². The predicted octanol–water partition coefficient (Wildman–Crippen LogP) is 4.37. The van der Waals surface area contributed by atoms with Crippen molar-refractivity contribution in [1.29, 1.82) is 0 Å². The molecule has 1 heterocycles. The van der Waals surface area contributed by atoms with Crippen molar-refractivity contribution in [3.63, 3.8) is 0 Å². The summed E-state index contributed by atoms with van der Waals surface area (Å²) in [5.74, 6) is 0. The van der Waals surface area contributed by atoms with Gasteiger partial charge in [-0.3, -0.25) is 4.98 Å². The SMILES string of the molecule is Cc1ccc(NC(=S)N(CCN(C)C)C(C)c2ccccn2)c(Cl)c1. The van der Waals surface area contributed by atoms with Crippen LogP contribution in [0.25, 0.3) is 0 Å². The van der Waals surface area contributed by atoms with Gasteiger partial charge in [-0.2, -0.15) is 0 Å². The third-order valence-electron chi connectivity index (χ3n) is 4.00. The van der Waals surface area contributed by atoms with Gasteiger partial charge in [-0.1, -0.05) is 23.7 Å². The first-order valence-corrected chi connectivity index (χ1v) is 9.06. The maximum Gasteiger partial charge on any atom is 0.174 e. The molecule has 2 rings (SSSR count). The summed E-state index contributed by atoms with van der Waals surface area (Å²) in [6.45, 7) is 5.81. The van der Waals surface area contributed by atoms with Gasteiger partial charge in [0, 0.05) is 19.3 Å². The van der Waals surface area contributed by atoms with Crippen LogP contribution in [0.3, 0.4) is 0 Å². The Morgan fingerprint density at radius 2 is 2.00 bits per heavy atom. The first-order valence-electron chi connectivity index (χ1n) is 8.28. The van der Waals surface area contributed by atoms with Crippen LogP contribution in [0.2, 0.25) is 5.02 Å². The summed E-state index contributed by atoms with van der Waals surface area (Å²) < 4.78 is 0. The molecule has 0 amide bonds. The fraction of sp³-hybridized carbons (Fsp3) is 0.368. The van der Waals surface area contributed by atoms with Crippen LogP contribution in [0, 0.1) is 6.92 Å². The van der Waals surface area contributed by atoms with E-state index < -0.39 is 0 Å². The maximum absolute atomic E-state index is 6.34. The molecule has 0 radical (unpaired) electrons. The summed E-state index contributed by atoms with van der Waals surface area (Å²) in [7, 11) is 4.11. The van der Waals surface area contributed by atoms with Crippen molar-refractivity contribution < 1.29 is 0 Å². The molecule has 0 aliphatic carbocycles. The Balaban J connectivity index is 2.20. The third-order valence-corrected chi connectivity index (χ3v) is 4.65. The molecule has 1 atom stereocenters. The second-order valence-electron chi connectivity index (χ2n) is 6.34. The summed E-state index contributed by atoms with van der Waals surface area (Å²) in [6.07, 6.45) is 1.81. The summed E-state index contributed by atoms with van der Waals surface area (Å²) in [5.41, 5.74) is 2.92. The van der Waals surface area contributed by atoms with Crippen LogP contribution in [0.15, 0.2) is 42.6 Å². The number of aromatic nitrogens is 1. The van der Waals surface area contributed by atoms with Gasteiger partial charge in [0.1, 0.15) is 0 Å². The largest absolute Gasteiger partial charge is 0.339 e. The number of hydrogen-bond acceptors (Lipinski definition) is 3. The molecule has 1 unspecified atom stereocenters. The molecule has 134 valence electrons. The first-order chi connectivity index (χ1) is 11.9. The van der Waals surface area contributed by atoms with Crippen molar-refractivity contribution in [2.24, 2.45) is 0 Å². The van der Waals surface area contributed by atoms with Crippen molar-refractivity contribution >= 4 is 34.6 Å². The van der Waals surface area contributed by atoms with Gasteiger partial charge in [0.25, 0.3) is 0 Å². The molecule has 0 saturated heterocycles. The topological polar surface area (TPSA) is 31.4 Å². The van der Waals surface area contributed by atoms with Crippen LogP contribution in [-0.4, -0.2) is 47.1 Å². The summed E-state index contributed by atoms with van der Waals surface area (Å²) in [5, 5.41) is 4.60. The van der Waals surface area contributed by atoms with E-state index >= 15 is 0 Å². The number of thiocarbonyl (C=S) groups is 1. The molecule has 1 aromatic carbocycles. The van der Waals surface area contributed by atoms with E-state index in [0.29, 0.717) is 10.1 Å². The number of nitrogens with zero attached hydrogens (tertiary/aromatic N) is 3. The van der Waals surface area contributed by atoms with Gasteiger partial charge in [-0.15, -0.1) is 0 Å². The van der Waals surface area contributed by atoms with Gasteiger partial charge in [-0.25, -0.2) is 0 Å². The highest BCUT2D eigenvalue weighted by Gasteiger charge is 2.20. The molecule has 6 heteroatoms. The number of rotatable bonds is 6. The number of aryl methyl sites for hydroxylation is 1. The number of nitrogens with one attached hydrogen (secondary N) is 1. The second kappa shape index (κ2) is 9.13. The lowest BCUT2D eigenvalue weighted by molar-refractivity contribution is 0.286. The van der Waals surface area contributed by atoms with Crippen molar-refractivity contribution in [2.75, 3.05) is 32.5 Å². The Bertz CT molecular complexity index is 706. The van der Waals surface area contributed by atoms with Crippen molar-refractivity contribution in [3.05, 3.63) is 58.9 Å². The number of pyridine rings is 1. The first kappa shape index (κ1) is 19.6. The zero-order chi connectivity index (χ0) is 18.4. The van der Waals surface area contributed by atoms with Gasteiger partial charge in [0.05, 0.1) is 22.4 Å². The number of anilines is 1. The highest BCUT2D eigenvalue weighted by molar-refractivity contribution is 7.80. The van der Waals surface area contributed by atoms with Gasteiger partial charge >= 0.3 is 0 Å². The molecule has 0 spiro atoms. The molecule has 4 nitrogen and oxygen atoms in total. The highest BCUT2D eigenvalue weighted by atomic mass is 35.5. The van der Waals surface area contributed by atoms with Gasteiger partial charge in [0.15, 0.2) is 5.11 Å². The van der Waals surface area contributed by atoms with Crippen molar-refractivity contribution in [3.8, 4) is 0 Å². The normalized spacial score (nSPS) is 12.1. The number of benzene rings is 1. The zero-order valence-corrected chi connectivity index (χ0v) is 16.7. The van der Waals surface area contributed by atoms with E-state index in [9.17, 15) is 0 Å². The van der Waals surface area contributed by atoms with Crippen molar-refractivity contribution in [2.45, 2.75) is 19.9 Å². The zero-order valence-electron chi connectivity index (χ0n) is 15.2. The van der Waals surface area contributed by atoms with E-state index in [-0.39, 0.29) is 6.04 Å². The predicted molar refractivity (Wildman–Crippen MR) is 110 cm³/mol. The quantitative estimate of drug-likeness (QED) is 0.757. The Morgan fingerprint density at radius 1 is 1.24 bits per heavy atom. The van der Waals surface area contributed by atoms with E-state index in [1.165, 1.54) is 0 Å². The summed E-state index contributed by atoms with van der Waals surface area (Å²) >= 11 is 12.0. The van der Waals surface area contributed by atoms with Crippen molar-refractivity contribution in [1.82, 2.24) is 14.8 Å². The molecule has 2 aromatic rings. The average molecular weight is 377 g/mol. The number of likely N-dealkylation sites (N-methyl/N-ethyl adjacent to an activating group) is 1. The van der Waals surface area contributed by atoms with E-state index in [1.807, 2.05) is 49.5 Å². The molecule has 0 fully saturated rings. The third kappa shape index (κ3) is 5.66. The molecular formula is C19H25ClN4S. The highest BCUT2D eigenvalue weighted by Crippen LogP contribution is 2.25. The van der Waals surface area contributed by atoms with Crippen LogP contribution in [-0.2, 0) is 0 Å². The smallest absolute Gasteiger partial charge is 0.174 e. The minimum atomic E-state index is 0.0605. The number of hydrogen-bond donors (Lipinski definition) is 1. The van der Waals surface area contributed by atoms with Crippen LogP contribution < -0.4 is 5.32 Å². The Kier molecular flexibility index (Phi) is 7.17. The lowest BCUT2D eigenvalue weighted by Gasteiger charge is -2.32. The lowest BCUT2D eigenvalue weighted by atomic mass is 10.2.